The fourth-order valence-electron chi connectivity index (χ4n) is 4.79. The summed E-state index contributed by atoms with van der Waals surface area (Å²) in [5.41, 5.74) is 9.15. The number of hydrogen-bond acceptors (Lipinski definition) is 1. The monoisotopic (exact) mass is 538 g/mol. The molecule has 29 heavy (non-hydrogen) atoms. The van der Waals surface area contributed by atoms with E-state index in [-0.39, 0.29) is 30.2 Å². The van der Waals surface area contributed by atoms with Crippen molar-refractivity contribution in [1.82, 2.24) is 0 Å². The van der Waals surface area contributed by atoms with E-state index in [1.807, 2.05) is 14.6 Å². The van der Waals surface area contributed by atoms with Crippen LogP contribution in [0.25, 0.3) is 5.57 Å². The van der Waals surface area contributed by atoms with E-state index in [2.05, 4.69) is 88.6 Å². The minimum absolute atomic E-state index is 0. The summed E-state index contributed by atoms with van der Waals surface area (Å²) in [5, 5.41) is 2.21. The fourth-order valence-corrected chi connectivity index (χ4v) is 25.2. The van der Waals surface area contributed by atoms with E-state index in [1.54, 1.807) is 22.3 Å². The first-order chi connectivity index (χ1) is 12.9. The number of allylic oxidation sites excluding steroid dienone is 5. The molecule has 0 aliphatic heterocycles. The Morgan fingerprint density at radius 3 is 2.17 bits per heavy atom. The number of hydrogen-bond donors (Lipinski definition) is 0. The molecule has 0 N–H and O–H groups in total. The van der Waals surface area contributed by atoms with Gasteiger partial charge in [0, 0.05) is 0 Å². The standard InChI is InChI=1S/C13H9S.C9H13.C2H6Si.2ClH.Zr/c1-2-5-11-10(4-1)7-8-12(11)13-6-3-9-14-13;1-6-5-7(2)9(4)8(6)3;1-3-2;;;/h1-9H;6H,1-4H3;1-2H3;2*1H;. The van der Waals surface area contributed by atoms with E-state index in [0.29, 0.717) is 9.54 Å². The molecule has 2 aromatic rings. The summed E-state index contributed by atoms with van der Waals surface area (Å²) in [4.78, 5) is 1.43. The van der Waals surface area contributed by atoms with Gasteiger partial charge in [-0.1, -0.05) is 0 Å². The van der Waals surface area contributed by atoms with E-state index >= 15 is 0 Å². The van der Waals surface area contributed by atoms with Crippen LogP contribution in [0.4, 0.5) is 0 Å². The Balaban J connectivity index is 0.00000150. The van der Waals surface area contributed by atoms with Gasteiger partial charge < -0.3 is 0 Å². The number of fused-ring (bicyclic) bond motifs is 1. The van der Waals surface area contributed by atoms with Crippen molar-refractivity contribution in [3.63, 3.8) is 0 Å². The van der Waals surface area contributed by atoms with Crippen LogP contribution in [0.15, 0.2) is 67.9 Å². The zero-order valence-electron chi connectivity index (χ0n) is 18.0. The van der Waals surface area contributed by atoms with Gasteiger partial charge in [0.25, 0.3) is 0 Å². The van der Waals surface area contributed by atoms with Crippen molar-refractivity contribution in [2.45, 2.75) is 44.4 Å². The van der Waals surface area contributed by atoms with Gasteiger partial charge in [-0.25, -0.2) is 0 Å². The molecule has 0 spiro atoms. The smallest absolute Gasteiger partial charge is 0.147 e. The molecule has 2 unspecified atom stereocenters. The first kappa shape index (κ1) is 25.1. The average molecular weight is 541 g/mol. The molecule has 1 aromatic carbocycles. The summed E-state index contributed by atoms with van der Waals surface area (Å²) < 4.78 is 2.62. The Morgan fingerprint density at radius 2 is 1.62 bits per heavy atom. The minimum atomic E-state index is -1.85. The number of thiophene rings is 1. The van der Waals surface area contributed by atoms with Gasteiger partial charge >= 0.3 is 177 Å². The second-order valence-electron chi connectivity index (χ2n) is 8.10. The molecular weight excluding hydrogens is 511 g/mol. The van der Waals surface area contributed by atoms with Crippen LogP contribution in [0.3, 0.4) is 0 Å². The second-order valence-corrected chi connectivity index (χ2v) is 26.5. The minimum Gasteiger partial charge on any atom is -0.147 e. The van der Waals surface area contributed by atoms with Gasteiger partial charge in [-0.15, -0.1) is 24.8 Å². The molecule has 0 radical (unpaired) electrons. The molecule has 0 fully saturated rings. The summed E-state index contributed by atoms with van der Waals surface area (Å²) in [6.07, 6.45) is 2.68. The Hall–Kier alpha value is -0.180. The van der Waals surface area contributed by atoms with Crippen LogP contribution in [0, 0.1) is 5.92 Å². The molecule has 4 rings (SSSR count). The molecule has 154 valence electrons. The van der Waals surface area contributed by atoms with E-state index in [0.717, 1.165) is 0 Å². The van der Waals surface area contributed by atoms with Gasteiger partial charge in [-0.2, -0.15) is 0 Å². The van der Waals surface area contributed by atoms with Crippen LogP contribution in [-0.4, -0.2) is 5.43 Å². The predicted molar refractivity (Wildman–Crippen MR) is 133 cm³/mol. The maximum absolute atomic E-state index is 2.68. The maximum Gasteiger partial charge on any atom is -0.147 e. The Kier molecular flexibility index (Phi) is 8.62. The largest absolute Gasteiger partial charge is 0.147 e. The number of halogens is 2. The van der Waals surface area contributed by atoms with Gasteiger partial charge in [0.1, 0.15) is 0 Å². The van der Waals surface area contributed by atoms with Gasteiger partial charge in [0.05, 0.1) is 0 Å². The second kappa shape index (κ2) is 9.96. The van der Waals surface area contributed by atoms with Gasteiger partial charge in [0.2, 0.25) is 0 Å². The fraction of sp³-hybridized carbons (Fsp3) is 0.333. The third-order valence-corrected chi connectivity index (χ3v) is 26.0. The summed E-state index contributed by atoms with van der Waals surface area (Å²) in [6.45, 7) is 14.8. The van der Waals surface area contributed by atoms with Gasteiger partial charge in [0.15, 0.2) is 0 Å². The van der Waals surface area contributed by atoms with Gasteiger partial charge in [-0.05, 0) is 0 Å². The van der Waals surface area contributed by atoms with Crippen LogP contribution in [-0.2, 0) is 20.4 Å². The maximum atomic E-state index is 2.68. The van der Waals surface area contributed by atoms with Crippen molar-refractivity contribution in [3.05, 3.63) is 83.9 Å². The quantitative estimate of drug-likeness (QED) is 0.344. The summed E-state index contributed by atoms with van der Waals surface area (Å²) in [5.74, 6) is 0.672. The Labute approximate surface area is 200 Å². The van der Waals surface area contributed by atoms with E-state index in [4.69, 9.17) is 0 Å². The normalized spacial score (nSPS) is 20.1. The molecule has 0 amide bonds. The van der Waals surface area contributed by atoms with Crippen LogP contribution in [0.1, 0.15) is 47.3 Å². The molecule has 1 heterocycles. The van der Waals surface area contributed by atoms with Crippen molar-refractivity contribution in [2.75, 3.05) is 0 Å². The molecule has 0 saturated carbocycles. The summed E-state index contributed by atoms with van der Waals surface area (Å²) >= 11 is 0.0305. The SMILES string of the molecule is CC1=C(C)C(C)[C]([Zr]([CH]2C=C(c3cccs3)c3ccccc32)=[Si](C)C)=C1C.Cl.Cl. The zero-order chi connectivity index (χ0) is 19.3. The third kappa shape index (κ3) is 4.28. The molecule has 2 aliphatic rings. The number of benzene rings is 1. The van der Waals surface area contributed by atoms with Crippen LogP contribution in [0.2, 0.25) is 13.1 Å². The van der Waals surface area contributed by atoms with Crippen LogP contribution < -0.4 is 0 Å². The molecular formula is C24H30Cl2SSiZr. The molecule has 2 atom stereocenters. The molecule has 0 bridgehead atoms. The van der Waals surface area contributed by atoms with Gasteiger partial charge in [-0.3, -0.25) is 0 Å². The van der Waals surface area contributed by atoms with E-state index < -0.39 is 20.4 Å². The summed E-state index contributed by atoms with van der Waals surface area (Å²) in [7, 11) is 0. The first-order valence-corrected chi connectivity index (χ1v) is 19.5. The molecule has 0 nitrogen and oxygen atoms in total. The van der Waals surface area contributed by atoms with Crippen molar-refractivity contribution in [3.8, 4) is 0 Å². The summed E-state index contributed by atoms with van der Waals surface area (Å²) in [6, 6.07) is 13.7. The van der Waals surface area contributed by atoms with Crippen molar-refractivity contribution in [1.29, 1.82) is 0 Å². The predicted octanol–water partition coefficient (Wildman–Crippen LogP) is 8.21. The Bertz CT molecular complexity index is 1040. The Morgan fingerprint density at radius 1 is 0.931 bits per heavy atom. The first-order valence-electron chi connectivity index (χ1n) is 9.83. The molecule has 2 aliphatic carbocycles. The van der Waals surface area contributed by atoms with Crippen molar-refractivity contribution >= 4 is 47.2 Å². The van der Waals surface area contributed by atoms with E-state index in [1.165, 1.54) is 16.0 Å². The topological polar surface area (TPSA) is 0 Å². The molecule has 1 aromatic heterocycles. The zero-order valence-corrected chi connectivity index (χ0v) is 23.9. The molecule has 0 saturated heterocycles. The van der Waals surface area contributed by atoms with Crippen molar-refractivity contribution < 1.29 is 20.4 Å². The molecule has 5 heteroatoms. The van der Waals surface area contributed by atoms with Crippen LogP contribution >= 0.6 is 36.2 Å². The van der Waals surface area contributed by atoms with E-state index in [9.17, 15) is 0 Å². The third-order valence-electron chi connectivity index (χ3n) is 6.49. The van der Waals surface area contributed by atoms with Crippen molar-refractivity contribution in [2.24, 2.45) is 5.92 Å². The average Bonchev–Trinajstić information content (AvgIpc) is 3.34. The number of rotatable bonds is 3. The van der Waals surface area contributed by atoms with Crippen LogP contribution in [0.5, 0.6) is 0 Å².